The van der Waals surface area contributed by atoms with Crippen LogP contribution in [0.25, 0.3) is 0 Å². The number of fused-ring (bicyclic) bond motifs is 2. The fourth-order valence-corrected chi connectivity index (χ4v) is 4.63. The van der Waals surface area contributed by atoms with E-state index in [0.29, 0.717) is 16.9 Å². The Kier molecular flexibility index (Phi) is 2.78. The van der Waals surface area contributed by atoms with Crippen molar-refractivity contribution in [2.24, 2.45) is 16.7 Å². The maximum atomic E-state index is 3.86. The first-order chi connectivity index (χ1) is 8.52. The lowest BCUT2D eigenvalue weighted by atomic mass is 9.68. The van der Waals surface area contributed by atoms with E-state index in [1.165, 1.54) is 24.8 Å². The Morgan fingerprint density at radius 1 is 1.17 bits per heavy atom. The van der Waals surface area contributed by atoms with Gasteiger partial charge in [0.15, 0.2) is 0 Å². The van der Waals surface area contributed by atoms with E-state index in [1.807, 2.05) is 0 Å². The van der Waals surface area contributed by atoms with E-state index in [2.05, 4.69) is 56.4 Å². The second kappa shape index (κ2) is 4.09. The lowest BCUT2D eigenvalue weighted by Crippen LogP contribution is -2.49. The van der Waals surface area contributed by atoms with Gasteiger partial charge >= 0.3 is 0 Å². The standard InChI is InChI=1S/C17H25N/c1-16(2)14-9-10-17(3,11-14)15(16)18-12-13-7-5-4-6-8-13/h4-8,14-15,18H,9-12H2,1-3H3. The summed E-state index contributed by atoms with van der Waals surface area (Å²) in [6, 6.07) is 11.5. The van der Waals surface area contributed by atoms with Gasteiger partial charge in [-0.25, -0.2) is 0 Å². The van der Waals surface area contributed by atoms with E-state index in [4.69, 9.17) is 0 Å². The van der Waals surface area contributed by atoms with Crippen LogP contribution in [0.5, 0.6) is 0 Å². The summed E-state index contributed by atoms with van der Waals surface area (Å²) in [4.78, 5) is 0. The quantitative estimate of drug-likeness (QED) is 0.846. The zero-order chi connectivity index (χ0) is 12.8. The molecule has 2 saturated carbocycles. The van der Waals surface area contributed by atoms with Crippen molar-refractivity contribution in [1.82, 2.24) is 5.32 Å². The monoisotopic (exact) mass is 243 g/mol. The molecule has 1 heteroatoms. The smallest absolute Gasteiger partial charge is 0.0208 e. The van der Waals surface area contributed by atoms with Gasteiger partial charge in [-0.1, -0.05) is 51.1 Å². The Hall–Kier alpha value is -0.820. The second-order valence-electron chi connectivity index (χ2n) is 7.21. The molecule has 0 spiro atoms. The van der Waals surface area contributed by atoms with E-state index in [-0.39, 0.29) is 0 Å². The van der Waals surface area contributed by atoms with Crippen molar-refractivity contribution in [2.75, 3.05) is 0 Å². The lowest BCUT2D eigenvalue weighted by Gasteiger charge is -2.43. The van der Waals surface area contributed by atoms with Gasteiger partial charge in [-0.15, -0.1) is 0 Å². The number of benzene rings is 1. The fraction of sp³-hybridized carbons (Fsp3) is 0.647. The van der Waals surface area contributed by atoms with E-state index < -0.39 is 0 Å². The molecule has 1 aromatic carbocycles. The summed E-state index contributed by atoms with van der Waals surface area (Å²) >= 11 is 0. The Morgan fingerprint density at radius 2 is 1.89 bits per heavy atom. The Bertz CT molecular complexity index is 418. The molecular formula is C17H25N. The normalized spacial score (nSPS) is 37.1. The van der Waals surface area contributed by atoms with Crippen LogP contribution in [0.15, 0.2) is 30.3 Å². The summed E-state index contributed by atoms with van der Waals surface area (Å²) < 4.78 is 0. The third-order valence-electron chi connectivity index (χ3n) is 5.62. The van der Waals surface area contributed by atoms with Crippen molar-refractivity contribution in [2.45, 2.75) is 52.6 Å². The summed E-state index contributed by atoms with van der Waals surface area (Å²) in [6.07, 6.45) is 4.27. The molecule has 0 amide bonds. The van der Waals surface area contributed by atoms with Crippen LogP contribution < -0.4 is 5.32 Å². The second-order valence-corrected chi connectivity index (χ2v) is 7.21. The zero-order valence-corrected chi connectivity index (χ0v) is 11.9. The Balaban J connectivity index is 1.73. The fourth-order valence-electron chi connectivity index (χ4n) is 4.63. The van der Waals surface area contributed by atoms with Crippen molar-refractivity contribution in [3.63, 3.8) is 0 Å². The molecule has 0 heterocycles. The average Bonchev–Trinajstić information content (AvgIpc) is 2.81. The summed E-state index contributed by atoms with van der Waals surface area (Å²) in [5, 5.41) is 3.86. The summed E-state index contributed by atoms with van der Waals surface area (Å²) in [7, 11) is 0. The van der Waals surface area contributed by atoms with Gasteiger partial charge in [0, 0.05) is 12.6 Å². The molecule has 1 aromatic rings. The minimum absolute atomic E-state index is 0.460. The first kappa shape index (κ1) is 12.2. The van der Waals surface area contributed by atoms with Crippen LogP contribution in [0.4, 0.5) is 0 Å². The van der Waals surface area contributed by atoms with Gasteiger partial charge in [0.2, 0.25) is 0 Å². The van der Waals surface area contributed by atoms with Crippen molar-refractivity contribution in [1.29, 1.82) is 0 Å². The summed E-state index contributed by atoms with van der Waals surface area (Å²) in [6.45, 7) is 8.43. The average molecular weight is 243 g/mol. The van der Waals surface area contributed by atoms with Crippen molar-refractivity contribution in [3.05, 3.63) is 35.9 Å². The molecule has 0 radical (unpaired) electrons. The van der Waals surface area contributed by atoms with E-state index in [0.717, 1.165) is 12.5 Å². The highest BCUT2D eigenvalue weighted by Gasteiger charge is 2.58. The Morgan fingerprint density at radius 3 is 2.50 bits per heavy atom. The van der Waals surface area contributed by atoms with Crippen molar-refractivity contribution in [3.8, 4) is 0 Å². The maximum Gasteiger partial charge on any atom is 0.0208 e. The van der Waals surface area contributed by atoms with E-state index in [1.54, 1.807) is 0 Å². The summed E-state index contributed by atoms with van der Waals surface area (Å²) in [5.41, 5.74) is 2.39. The molecule has 2 aliphatic carbocycles. The number of rotatable bonds is 3. The SMILES string of the molecule is CC12CCC(C1)C(C)(C)C2NCc1ccccc1. The van der Waals surface area contributed by atoms with E-state index >= 15 is 0 Å². The van der Waals surface area contributed by atoms with Gasteiger partial charge < -0.3 is 5.32 Å². The van der Waals surface area contributed by atoms with Gasteiger partial charge in [0.25, 0.3) is 0 Å². The summed E-state index contributed by atoms with van der Waals surface area (Å²) in [5.74, 6) is 0.927. The van der Waals surface area contributed by atoms with Gasteiger partial charge in [-0.2, -0.15) is 0 Å². The first-order valence-corrected chi connectivity index (χ1v) is 7.30. The van der Waals surface area contributed by atoms with Crippen molar-refractivity contribution < 1.29 is 0 Å². The van der Waals surface area contributed by atoms with Crippen LogP contribution in [0.2, 0.25) is 0 Å². The molecule has 0 aromatic heterocycles. The molecule has 3 rings (SSSR count). The molecule has 3 atom stereocenters. The maximum absolute atomic E-state index is 3.86. The van der Waals surface area contributed by atoms with Gasteiger partial charge in [-0.05, 0) is 41.6 Å². The number of hydrogen-bond acceptors (Lipinski definition) is 1. The highest BCUT2D eigenvalue weighted by Crippen LogP contribution is 2.62. The molecular weight excluding hydrogens is 218 g/mol. The molecule has 0 saturated heterocycles. The molecule has 3 unspecified atom stereocenters. The topological polar surface area (TPSA) is 12.0 Å². The van der Waals surface area contributed by atoms with Gasteiger partial charge in [0.05, 0.1) is 0 Å². The first-order valence-electron chi connectivity index (χ1n) is 7.30. The molecule has 18 heavy (non-hydrogen) atoms. The van der Waals surface area contributed by atoms with E-state index in [9.17, 15) is 0 Å². The van der Waals surface area contributed by atoms with Gasteiger partial charge in [0.1, 0.15) is 0 Å². The predicted octanol–water partition coefficient (Wildman–Crippen LogP) is 3.99. The molecule has 2 aliphatic rings. The third-order valence-corrected chi connectivity index (χ3v) is 5.62. The molecule has 98 valence electrons. The zero-order valence-electron chi connectivity index (χ0n) is 11.9. The largest absolute Gasteiger partial charge is 0.309 e. The molecule has 2 bridgehead atoms. The predicted molar refractivity (Wildman–Crippen MR) is 76.3 cm³/mol. The molecule has 1 nitrogen and oxygen atoms in total. The number of nitrogens with one attached hydrogen (secondary N) is 1. The van der Waals surface area contributed by atoms with Crippen molar-refractivity contribution >= 4 is 0 Å². The molecule has 0 aliphatic heterocycles. The highest BCUT2D eigenvalue weighted by atomic mass is 15.0. The van der Waals surface area contributed by atoms with Crippen LogP contribution in [-0.2, 0) is 6.54 Å². The molecule has 2 fully saturated rings. The van der Waals surface area contributed by atoms with Crippen LogP contribution in [0.3, 0.4) is 0 Å². The van der Waals surface area contributed by atoms with Crippen LogP contribution in [0.1, 0.15) is 45.6 Å². The third kappa shape index (κ3) is 1.80. The van der Waals surface area contributed by atoms with Crippen LogP contribution in [0, 0.1) is 16.7 Å². The molecule has 1 N–H and O–H groups in total. The highest BCUT2D eigenvalue weighted by molar-refractivity contribution is 5.17. The minimum Gasteiger partial charge on any atom is -0.309 e. The Labute approximate surface area is 111 Å². The minimum atomic E-state index is 0.460. The van der Waals surface area contributed by atoms with Crippen LogP contribution >= 0.6 is 0 Å². The lowest BCUT2D eigenvalue weighted by molar-refractivity contribution is 0.108. The van der Waals surface area contributed by atoms with Crippen LogP contribution in [-0.4, -0.2) is 6.04 Å². The number of hydrogen-bond donors (Lipinski definition) is 1. The van der Waals surface area contributed by atoms with Gasteiger partial charge in [-0.3, -0.25) is 0 Å².